The van der Waals surface area contributed by atoms with Gasteiger partial charge in [-0.1, -0.05) is 0 Å². The monoisotopic (exact) mass is 340 g/mol. The molecular weight excluding hydrogens is 316 g/mol. The van der Waals surface area contributed by atoms with E-state index in [1.165, 1.54) is 4.90 Å². The van der Waals surface area contributed by atoms with E-state index in [2.05, 4.69) is 10.2 Å². The molecule has 1 aromatic carbocycles. The lowest BCUT2D eigenvalue weighted by Gasteiger charge is -2.29. The molecule has 0 atom stereocenters. The SMILES string of the molecule is CN(C)C(=O)c1ccc(NC(=O)CN2CCC(N)CC2)cc1.Cl. The summed E-state index contributed by atoms with van der Waals surface area (Å²) in [6.45, 7) is 2.11. The van der Waals surface area contributed by atoms with Gasteiger partial charge in [-0.05, 0) is 37.1 Å². The predicted molar refractivity (Wildman–Crippen MR) is 94.0 cm³/mol. The molecule has 7 heteroatoms. The van der Waals surface area contributed by atoms with E-state index in [1.807, 2.05) is 0 Å². The molecule has 1 fully saturated rings. The van der Waals surface area contributed by atoms with Crippen LogP contribution in [-0.2, 0) is 4.79 Å². The molecule has 0 radical (unpaired) electrons. The fourth-order valence-electron chi connectivity index (χ4n) is 2.47. The number of benzene rings is 1. The first-order valence-electron chi connectivity index (χ1n) is 7.55. The van der Waals surface area contributed by atoms with E-state index in [0.29, 0.717) is 17.8 Å². The van der Waals surface area contributed by atoms with Crippen LogP contribution in [0.15, 0.2) is 24.3 Å². The summed E-state index contributed by atoms with van der Waals surface area (Å²) >= 11 is 0. The first-order chi connectivity index (χ1) is 10.5. The lowest BCUT2D eigenvalue weighted by Crippen LogP contribution is -2.43. The number of piperidine rings is 1. The highest BCUT2D eigenvalue weighted by Crippen LogP contribution is 2.12. The summed E-state index contributed by atoms with van der Waals surface area (Å²) in [5.41, 5.74) is 7.16. The quantitative estimate of drug-likeness (QED) is 0.862. The lowest BCUT2D eigenvalue weighted by molar-refractivity contribution is -0.117. The number of nitrogens with zero attached hydrogens (tertiary/aromatic N) is 2. The third-order valence-electron chi connectivity index (χ3n) is 3.82. The van der Waals surface area contributed by atoms with Crippen LogP contribution in [0.25, 0.3) is 0 Å². The second-order valence-electron chi connectivity index (χ2n) is 5.94. The minimum atomic E-state index is -0.0532. The molecule has 3 N–H and O–H groups in total. The molecule has 2 rings (SSSR count). The summed E-state index contributed by atoms with van der Waals surface area (Å²) in [6, 6.07) is 7.21. The van der Waals surface area contributed by atoms with Crippen molar-refractivity contribution in [3.8, 4) is 0 Å². The molecule has 1 aliphatic rings. The summed E-state index contributed by atoms with van der Waals surface area (Å²) in [6.07, 6.45) is 1.88. The fourth-order valence-corrected chi connectivity index (χ4v) is 2.47. The zero-order valence-corrected chi connectivity index (χ0v) is 14.4. The Morgan fingerprint density at radius 1 is 1.22 bits per heavy atom. The molecule has 0 unspecified atom stereocenters. The summed E-state index contributed by atoms with van der Waals surface area (Å²) in [7, 11) is 3.42. The average molecular weight is 341 g/mol. The van der Waals surface area contributed by atoms with Gasteiger partial charge >= 0.3 is 0 Å². The first kappa shape index (κ1) is 19.4. The Bertz CT molecular complexity index is 525. The standard InChI is InChI=1S/C16H24N4O2.ClH/c1-19(2)16(22)12-3-5-14(6-4-12)18-15(21)11-20-9-7-13(17)8-10-20;/h3-6,13H,7-11,17H2,1-2H3,(H,18,21);1H. The second-order valence-corrected chi connectivity index (χ2v) is 5.94. The highest BCUT2D eigenvalue weighted by molar-refractivity contribution is 5.96. The zero-order chi connectivity index (χ0) is 16.1. The van der Waals surface area contributed by atoms with Gasteiger partial charge in [-0.25, -0.2) is 0 Å². The van der Waals surface area contributed by atoms with E-state index in [4.69, 9.17) is 5.73 Å². The van der Waals surface area contributed by atoms with E-state index < -0.39 is 0 Å². The van der Waals surface area contributed by atoms with Crippen molar-refractivity contribution in [2.75, 3.05) is 39.0 Å². The molecule has 0 bridgehead atoms. The molecule has 0 spiro atoms. The van der Waals surface area contributed by atoms with Crippen molar-refractivity contribution in [3.63, 3.8) is 0 Å². The van der Waals surface area contributed by atoms with Crippen LogP contribution in [0.2, 0.25) is 0 Å². The van der Waals surface area contributed by atoms with Crippen LogP contribution in [-0.4, -0.2) is 61.4 Å². The number of nitrogens with one attached hydrogen (secondary N) is 1. The molecule has 0 aliphatic carbocycles. The molecule has 6 nitrogen and oxygen atoms in total. The molecule has 1 aromatic rings. The summed E-state index contributed by atoms with van der Waals surface area (Å²) in [4.78, 5) is 27.5. The Morgan fingerprint density at radius 2 is 1.78 bits per heavy atom. The maximum Gasteiger partial charge on any atom is 0.253 e. The van der Waals surface area contributed by atoms with Crippen molar-refractivity contribution < 1.29 is 9.59 Å². The molecule has 2 amide bonds. The second kappa shape index (κ2) is 8.86. The number of hydrogen-bond donors (Lipinski definition) is 2. The van der Waals surface area contributed by atoms with Crippen LogP contribution < -0.4 is 11.1 Å². The van der Waals surface area contributed by atoms with Gasteiger partial charge < -0.3 is 16.0 Å². The topological polar surface area (TPSA) is 78.7 Å². The Balaban J connectivity index is 0.00000264. The maximum atomic E-state index is 12.0. The van der Waals surface area contributed by atoms with Crippen molar-refractivity contribution in [1.29, 1.82) is 0 Å². The smallest absolute Gasteiger partial charge is 0.253 e. The molecular formula is C16H25ClN4O2. The minimum absolute atomic E-state index is 0. The Kier molecular flexibility index (Phi) is 7.48. The number of carbonyl (C=O) groups excluding carboxylic acids is 2. The highest BCUT2D eigenvalue weighted by atomic mass is 35.5. The van der Waals surface area contributed by atoms with Gasteiger partial charge in [0, 0.05) is 44.5 Å². The Hall–Kier alpha value is -1.63. The minimum Gasteiger partial charge on any atom is -0.345 e. The lowest BCUT2D eigenvalue weighted by atomic mass is 10.1. The zero-order valence-electron chi connectivity index (χ0n) is 13.6. The van der Waals surface area contributed by atoms with Crippen LogP contribution >= 0.6 is 12.4 Å². The number of rotatable bonds is 4. The maximum absolute atomic E-state index is 12.0. The van der Waals surface area contributed by atoms with Gasteiger partial charge in [-0.2, -0.15) is 0 Å². The summed E-state index contributed by atoms with van der Waals surface area (Å²) < 4.78 is 0. The van der Waals surface area contributed by atoms with Crippen molar-refractivity contribution >= 4 is 29.9 Å². The number of hydrogen-bond acceptors (Lipinski definition) is 4. The van der Waals surface area contributed by atoms with Crippen LogP contribution in [0.3, 0.4) is 0 Å². The number of carbonyl (C=O) groups is 2. The molecule has 23 heavy (non-hydrogen) atoms. The van der Waals surface area contributed by atoms with Crippen LogP contribution in [0.5, 0.6) is 0 Å². The third kappa shape index (κ3) is 5.82. The van der Waals surface area contributed by atoms with E-state index in [-0.39, 0.29) is 30.3 Å². The Labute approximate surface area is 143 Å². The first-order valence-corrected chi connectivity index (χ1v) is 7.55. The largest absolute Gasteiger partial charge is 0.345 e. The fraction of sp³-hybridized carbons (Fsp3) is 0.500. The molecule has 1 saturated heterocycles. The third-order valence-corrected chi connectivity index (χ3v) is 3.82. The number of likely N-dealkylation sites (tertiary alicyclic amines) is 1. The van der Waals surface area contributed by atoms with E-state index in [0.717, 1.165) is 25.9 Å². The van der Waals surface area contributed by atoms with Crippen LogP contribution in [0, 0.1) is 0 Å². The number of amides is 2. The van der Waals surface area contributed by atoms with Gasteiger partial charge in [0.25, 0.3) is 5.91 Å². The van der Waals surface area contributed by atoms with Gasteiger partial charge in [0.05, 0.1) is 6.54 Å². The van der Waals surface area contributed by atoms with E-state index >= 15 is 0 Å². The molecule has 0 saturated carbocycles. The van der Waals surface area contributed by atoms with Gasteiger partial charge in [-0.15, -0.1) is 12.4 Å². The average Bonchev–Trinajstić information content (AvgIpc) is 2.49. The van der Waals surface area contributed by atoms with Gasteiger partial charge in [0.1, 0.15) is 0 Å². The number of nitrogens with two attached hydrogens (primary N) is 1. The number of anilines is 1. The van der Waals surface area contributed by atoms with Crippen molar-refractivity contribution in [3.05, 3.63) is 29.8 Å². The van der Waals surface area contributed by atoms with Gasteiger partial charge in [-0.3, -0.25) is 14.5 Å². The molecule has 0 aromatic heterocycles. The summed E-state index contributed by atoms with van der Waals surface area (Å²) in [5.74, 6) is -0.0929. The molecule has 1 heterocycles. The predicted octanol–water partition coefficient (Wildman–Crippen LogP) is 1.17. The van der Waals surface area contributed by atoms with E-state index in [1.54, 1.807) is 38.4 Å². The van der Waals surface area contributed by atoms with E-state index in [9.17, 15) is 9.59 Å². The van der Waals surface area contributed by atoms with Gasteiger partial charge in [0.15, 0.2) is 0 Å². The van der Waals surface area contributed by atoms with Crippen LogP contribution in [0.4, 0.5) is 5.69 Å². The summed E-state index contributed by atoms with van der Waals surface area (Å²) in [5, 5.41) is 2.86. The number of halogens is 1. The molecule has 1 aliphatic heterocycles. The normalized spacial score (nSPS) is 15.6. The van der Waals surface area contributed by atoms with Crippen LogP contribution in [0.1, 0.15) is 23.2 Å². The van der Waals surface area contributed by atoms with Crippen molar-refractivity contribution in [2.45, 2.75) is 18.9 Å². The van der Waals surface area contributed by atoms with Gasteiger partial charge in [0.2, 0.25) is 5.91 Å². The van der Waals surface area contributed by atoms with Crippen molar-refractivity contribution in [1.82, 2.24) is 9.80 Å². The Morgan fingerprint density at radius 3 is 2.30 bits per heavy atom. The highest BCUT2D eigenvalue weighted by Gasteiger charge is 2.18. The van der Waals surface area contributed by atoms with Crippen molar-refractivity contribution in [2.24, 2.45) is 5.73 Å². The molecule has 128 valence electrons.